The number of nitrogens with zero attached hydrogens (tertiary/aromatic N) is 1. The fourth-order valence-corrected chi connectivity index (χ4v) is 10.9. The molecule has 0 saturated carbocycles. The Morgan fingerprint density at radius 3 is 1.10 bits per heavy atom. The van der Waals surface area contributed by atoms with Crippen LogP contribution in [0.15, 0.2) is 12.4 Å². The number of H-pyrrole nitrogens is 1. The number of rotatable bonds is 29. The zero-order valence-corrected chi connectivity index (χ0v) is 29.1. The number of carbonyl (C=O) groups is 1. The van der Waals surface area contributed by atoms with Gasteiger partial charge in [0.15, 0.2) is 5.82 Å². The van der Waals surface area contributed by atoms with E-state index in [1.807, 2.05) is 0 Å². The maximum atomic E-state index is 9.86. The van der Waals surface area contributed by atoms with Crippen LogP contribution in [0.1, 0.15) is 192 Å². The quantitative estimate of drug-likeness (QED) is 0.0741. The number of hydrogen-bond donors (Lipinski definition) is 1. The van der Waals surface area contributed by atoms with E-state index in [4.69, 9.17) is 0 Å². The van der Waals surface area contributed by atoms with E-state index in [1.165, 1.54) is 141 Å². The molecule has 0 fully saturated rings. The largest absolute Gasteiger partial charge is 0.542 e. The van der Waals surface area contributed by atoms with E-state index in [0.717, 1.165) is 0 Å². The molecule has 242 valence electrons. The Kier molecular flexibility index (Phi) is 29.9. The van der Waals surface area contributed by atoms with Crippen LogP contribution in [0.25, 0.3) is 0 Å². The Morgan fingerprint density at radius 2 is 0.854 bits per heavy atom. The zero-order valence-electron chi connectivity index (χ0n) is 28.2. The lowest BCUT2D eigenvalue weighted by Crippen LogP contribution is -2.23. The molecule has 0 aliphatic rings. The molecule has 0 amide bonds. The van der Waals surface area contributed by atoms with Gasteiger partial charge in [-0.1, -0.05) is 130 Å². The second kappa shape index (κ2) is 30.6. The van der Waals surface area contributed by atoms with E-state index in [1.54, 1.807) is 50.3 Å². The number of aromatic amines is 1. The monoisotopic (exact) mass is 595 g/mol. The number of aromatic carboxylic acids is 1. The Hall–Kier alpha value is -0.890. The van der Waals surface area contributed by atoms with Crippen molar-refractivity contribution in [3.8, 4) is 0 Å². The summed E-state index contributed by atoms with van der Waals surface area (Å²) >= 11 is 0. The van der Waals surface area contributed by atoms with Gasteiger partial charge in [0.05, 0.1) is 24.6 Å². The molecule has 4 nitrogen and oxygen atoms in total. The van der Waals surface area contributed by atoms with Crippen molar-refractivity contribution in [1.82, 2.24) is 9.97 Å². The molecule has 0 saturated heterocycles. The Balaban J connectivity index is 0.00000170. The molecule has 1 aromatic heterocycles. The van der Waals surface area contributed by atoms with E-state index in [-0.39, 0.29) is 5.82 Å². The topological polar surface area (TPSA) is 68.8 Å². The minimum absolute atomic E-state index is 0.134. The van der Waals surface area contributed by atoms with Gasteiger partial charge in [0.25, 0.3) is 0 Å². The van der Waals surface area contributed by atoms with Gasteiger partial charge in [-0.05, 0) is 51.4 Å². The first kappa shape index (κ1) is 40.1. The second-order valence-corrected chi connectivity index (χ2v) is 17.0. The van der Waals surface area contributed by atoms with Crippen LogP contribution < -0.4 is 5.11 Å². The molecule has 1 N–H and O–H groups in total. The predicted octanol–water partition coefficient (Wildman–Crippen LogP) is 11.2. The third-order valence-corrected chi connectivity index (χ3v) is 13.7. The van der Waals surface area contributed by atoms with Crippen molar-refractivity contribution in [2.45, 2.75) is 182 Å². The van der Waals surface area contributed by atoms with Gasteiger partial charge in [0.2, 0.25) is 0 Å². The van der Waals surface area contributed by atoms with Crippen molar-refractivity contribution >= 4 is 13.2 Å². The average molecular weight is 595 g/mol. The van der Waals surface area contributed by atoms with Crippen LogP contribution >= 0.6 is 7.26 Å². The molecular formula is C36H71N2O2P. The molecule has 1 rings (SSSR count). The normalized spacial score (nSPS) is 11.4. The summed E-state index contributed by atoms with van der Waals surface area (Å²) in [5.41, 5.74) is 0. The Bertz CT molecular complexity index is 619. The van der Waals surface area contributed by atoms with Gasteiger partial charge in [-0.25, -0.2) is 4.98 Å². The summed E-state index contributed by atoms with van der Waals surface area (Å²) in [6.45, 7) is 9.41. The lowest BCUT2D eigenvalue weighted by atomic mass is 10.1. The second-order valence-electron chi connectivity index (χ2n) is 12.5. The number of unbranched alkanes of at least 4 members (excludes halogenated alkanes) is 20. The highest BCUT2D eigenvalue weighted by atomic mass is 31.2. The van der Waals surface area contributed by atoms with E-state index < -0.39 is 13.2 Å². The zero-order chi connectivity index (χ0) is 30.3. The van der Waals surface area contributed by atoms with Crippen molar-refractivity contribution in [2.24, 2.45) is 0 Å². The number of carboxylic acid groups (broad SMARTS) is 1. The van der Waals surface area contributed by atoms with Gasteiger partial charge < -0.3 is 14.9 Å². The molecule has 0 aromatic carbocycles. The minimum Gasteiger partial charge on any atom is -0.542 e. The van der Waals surface area contributed by atoms with Crippen LogP contribution in [0.4, 0.5) is 0 Å². The number of carbonyl (C=O) groups excluding carboxylic acids is 1. The first-order valence-corrected chi connectivity index (χ1v) is 20.6. The molecule has 0 aliphatic heterocycles. The van der Waals surface area contributed by atoms with Crippen LogP contribution in [0.2, 0.25) is 0 Å². The third-order valence-electron chi connectivity index (χ3n) is 8.64. The molecule has 41 heavy (non-hydrogen) atoms. The first-order chi connectivity index (χ1) is 20.0. The van der Waals surface area contributed by atoms with Crippen molar-refractivity contribution < 1.29 is 9.90 Å². The highest BCUT2D eigenvalue weighted by molar-refractivity contribution is 7.75. The smallest absolute Gasteiger partial charge is 0.152 e. The molecule has 1 aromatic rings. The summed E-state index contributed by atoms with van der Waals surface area (Å²) < 4.78 is 0. The van der Waals surface area contributed by atoms with Gasteiger partial charge in [-0.2, -0.15) is 0 Å². The summed E-state index contributed by atoms with van der Waals surface area (Å²) in [7, 11) is -0.697. The Labute approximate surface area is 257 Å². The SMILES string of the molecule is CCCCCCCCCCCCCC[P+](CCCCCC)(CCCCCC)CCCCCC.O=C([O-])c1ncc[nH]1. The van der Waals surface area contributed by atoms with Crippen LogP contribution in [0, 0.1) is 0 Å². The number of aromatic nitrogens is 2. The maximum Gasteiger partial charge on any atom is 0.152 e. The average Bonchev–Trinajstić information content (AvgIpc) is 3.53. The number of carboxylic acids is 1. The molecule has 0 bridgehead atoms. The van der Waals surface area contributed by atoms with Crippen molar-refractivity contribution in [1.29, 1.82) is 0 Å². The van der Waals surface area contributed by atoms with E-state index in [2.05, 4.69) is 37.7 Å². The van der Waals surface area contributed by atoms with Crippen molar-refractivity contribution in [3.63, 3.8) is 0 Å². The van der Waals surface area contributed by atoms with Gasteiger partial charge in [0, 0.05) is 19.7 Å². The van der Waals surface area contributed by atoms with E-state index in [0.29, 0.717) is 0 Å². The maximum absolute atomic E-state index is 9.86. The predicted molar refractivity (Wildman–Crippen MR) is 183 cm³/mol. The molecule has 0 radical (unpaired) electrons. The van der Waals surface area contributed by atoms with Crippen LogP contribution in [0.5, 0.6) is 0 Å². The van der Waals surface area contributed by atoms with Crippen LogP contribution in [-0.2, 0) is 0 Å². The molecule has 0 atom stereocenters. The lowest BCUT2D eigenvalue weighted by molar-refractivity contribution is -0.256. The summed E-state index contributed by atoms with van der Waals surface area (Å²) in [5, 5.41) is 9.86. The number of hydrogen-bond acceptors (Lipinski definition) is 3. The standard InChI is InChI=1S/C32H68P.C4H4N2O2/c1-5-9-13-17-18-19-20-21-22-23-24-28-32-33(29-25-14-10-6-2,30-26-15-11-7-3)31-27-16-12-8-4;7-4(8)3-5-1-2-6-3/h5-32H2,1-4H3;1-2H,(H,5,6)(H,7,8)/q+1;/p-1. The van der Waals surface area contributed by atoms with Crippen molar-refractivity contribution in [2.75, 3.05) is 24.6 Å². The summed E-state index contributed by atoms with van der Waals surface area (Å²) in [6.07, 6.45) is 44.9. The minimum atomic E-state index is -1.28. The van der Waals surface area contributed by atoms with Gasteiger partial charge in [0.1, 0.15) is 5.97 Å². The number of imidazole rings is 1. The van der Waals surface area contributed by atoms with Gasteiger partial charge in [-0.3, -0.25) is 0 Å². The molecule has 5 heteroatoms. The first-order valence-electron chi connectivity index (χ1n) is 18.1. The number of nitrogens with one attached hydrogen (secondary N) is 1. The van der Waals surface area contributed by atoms with E-state index >= 15 is 0 Å². The summed E-state index contributed by atoms with van der Waals surface area (Å²) in [6, 6.07) is 0. The molecule has 1 heterocycles. The van der Waals surface area contributed by atoms with Crippen molar-refractivity contribution in [3.05, 3.63) is 18.2 Å². The molecule has 0 spiro atoms. The molecular weight excluding hydrogens is 523 g/mol. The van der Waals surface area contributed by atoms with Crippen LogP contribution in [0.3, 0.4) is 0 Å². The van der Waals surface area contributed by atoms with Gasteiger partial charge >= 0.3 is 0 Å². The van der Waals surface area contributed by atoms with Crippen LogP contribution in [-0.4, -0.2) is 40.6 Å². The third kappa shape index (κ3) is 25.3. The fraction of sp³-hybridized carbons (Fsp3) is 0.889. The molecule has 0 unspecified atom stereocenters. The summed E-state index contributed by atoms with van der Waals surface area (Å²) in [5.74, 6) is -1.42. The Morgan fingerprint density at radius 1 is 0.561 bits per heavy atom. The fourth-order valence-electron chi connectivity index (χ4n) is 5.96. The highest BCUT2D eigenvalue weighted by Gasteiger charge is 2.34. The lowest BCUT2D eigenvalue weighted by Gasteiger charge is -2.28. The molecule has 0 aliphatic carbocycles. The van der Waals surface area contributed by atoms with E-state index in [9.17, 15) is 9.90 Å². The van der Waals surface area contributed by atoms with Gasteiger partial charge in [-0.15, -0.1) is 0 Å². The summed E-state index contributed by atoms with van der Waals surface area (Å²) in [4.78, 5) is 15.6. The highest BCUT2D eigenvalue weighted by Crippen LogP contribution is 2.61.